The Morgan fingerprint density at radius 1 is 0.865 bits per heavy atom. The van der Waals surface area contributed by atoms with Crippen molar-refractivity contribution in [2.45, 2.75) is 56.3 Å². The summed E-state index contributed by atoms with van der Waals surface area (Å²) >= 11 is 1.39. The molecule has 0 aliphatic heterocycles. The van der Waals surface area contributed by atoms with Gasteiger partial charge in [-0.2, -0.15) is 11.8 Å². The molecule has 37 heavy (non-hydrogen) atoms. The van der Waals surface area contributed by atoms with Crippen molar-refractivity contribution >= 4 is 47.3 Å². The molecule has 0 aromatic heterocycles. The fourth-order valence-corrected chi connectivity index (χ4v) is 3.67. The first kappa shape index (κ1) is 31.4. The fourth-order valence-electron chi connectivity index (χ4n) is 3.20. The zero-order chi connectivity index (χ0) is 28.0. The van der Waals surface area contributed by atoms with Gasteiger partial charge in [-0.1, -0.05) is 30.3 Å². The molecule has 4 amide bonds. The molecule has 0 aliphatic carbocycles. The highest BCUT2D eigenvalue weighted by Crippen LogP contribution is 2.07. The standard InChI is InChI=1S/C23H33N5O8S/c1-37-10-9-15(26-20(32)14(24)7-8-19(30)31)21(33)27-16(12-18(25)29)22(34)28-17(23(35)36)11-13-5-3-2-4-6-13/h2-6,14-17H,7-12,24H2,1H3,(H2,25,29)(H,26,32)(H,27,33)(H,28,34)(H,30,31)(H,35,36). The lowest BCUT2D eigenvalue weighted by molar-refractivity contribution is -0.142. The van der Waals surface area contributed by atoms with E-state index in [0.717, 1.165) is 0 Å². The third-order valence-electron chi connectivity index (χ3n) is 5.19. The Morgan fingerprint density at radius 3 is 1.97 bits per heavy atom. The quantitative estimate of drug-likeness (QED) is 0.122. The number of carboxylic acids is 2. The average Bonchev–Trinajstić information content (AvgIpc) is 2.84. The van der Waals surface area contributed by atoms with E-state index in [4.69, 9.17) is 16.6 Å². The monoisotopic (exact) mass is 539 g/mol. The summed E-state index contributed by atoms with van der Waals surface area (Å²) in [6.07, 6.45) is 0.766. The number of carbonyl (C=O) groups excluding carboxylic acids is 4. The minimum Gasteiger partial charge on any atom is -0.481 e. The molecule has 1 aromatic carbocycles. The van der Waals surface area contributed by atoms with Crippen LogP contribution in [0.5, 0.6) is 0 Å². The highest BCUT2D eigenvalue weighted by molar-refractivity contribution is 7.98. The summed E-state index contributed by atoms with van der Waals surface area (Å²) < 4.78 is 0. The van der Waals surface area contributed by atoms with Crippen LogP contribution < -0.4 is 27.4 Å². The number of nitrogens with one attached hydrogen (secondary N) is 3. The Kier molecular flexibility index (Phi) is 13.7. The van der Waals surface area contributed by atoms with Gasteiger partial charge in [0.05, 0.1) is 12.5 Å². The maximum atomic E-state index is 13.0. The van der Waals surface area contributed by atoms with E-state index >= 15 is 0 Å². The highest BCUT2D eigenvalue weighted by Gasteiger charge is 2.31. The van der Waals surface area contributed by atoms with Gasteiger partial charge in [0.2, 0.25) is 23.6 Å². The number of benzene rings is 1. The van der Waals surface area contributed by atoms with E-state index in [9.17, 15) is 33.9 Å². The molecule has 1 rings (SSSR count). The van der Waals surface area contributed by atoms with Gasteiger partial charge in [-0.05, 0) is 30.4 Å². The lowest BCUT2D eigenvalue weighted by atomic mass is 10.0. The summed E-state index contributed by atoms with van der Waals surface area (Å²) in [6, 6.07) is 3.36. The van der Waals surface area contributed by atoms with Crippen molar-refractivity contribution in [1.29, 1.82) is 0 Å². The van der Waals surface area contributed by atoms with E-state index in [1.54, 1.807) is 36.6 Å². The second-order valence-electron chi connectivity index (χ2n) is 8.20. The molecule has 1 aromatic rings. The van der Waals surface area contributed by atoms with Gasteiger partial charge in [0.15, 0.2) is 0 Å². The van der Waals surface area contributed by atoms with Crippen molar-refractivity contribution in [3.63, 3.8) is 0 Å². The second kappa shape index (κ2) is 16.2. The maximum absolute atomic E-state index is 13.0. The minimum absolute atomic E-state index is 0.0419. The minimum atomic E-state index is -1.50. The van der Waals surface area contributed by atoms with Gasteiger partial charge in [0.1, 0.15) is 18.1 Å². The van der Waals surface area contributed by atoms with E-state index < -0.39 is 66.2 Å². The van der Waals surface area contributed by atoms with Crippen LogP contribution >= 0.6 is 11.8 Å². The number of nitrogens with two attached hydrogens (primary N) is 2. The van der Waals surface area contributed by atoms with Crippen LogP contribution in [0.15, 0.2) is 30.3 Å². The molecule has 0 radical (unpaired) electrons. The first-order valence-corrected chi connectivity index (χ1v) is 12.8. The van der Waals surface area contributed by atoms with Gasteiger partial charge in [-0.15, -0.1) is 0 Å². The lowest BCUT2D eigenvalue weighted by Gasteiger charge is -2.24. The predicted octanol–water partition coefficient (Wildman–Crippen LogP) is -1.41. The number of rotatable bonds is 17. The summed E-state index contributed by atoms with van der Waals surface area (Å²) in [7, 11) is 0. The van der Waals surface area contributed by atoms with Gasteiger partial charge in [-0.3, -0.25) is 24.0 Å². The largest absolute Gasteiger partial charge is 0.481 e. The first-order chi connectivity index (χ1) is 17.4. The van der Waals surface area contributed by atoms with E-state index in [2.05, 4.69) is 16.0 Å². The molecule has 0 fully saturated rings. The van der Waals surface area contributed by atoms with Crippen molar-refractivity contribution in [2.75, 3.05) is 12.0 Å². The number of amides is 4. The van der Waals surface area contributed by atoms with Gasteiger partial charge in [0, 0.05) is 12.8 Å². The van der Waals surface area contributed by atoms with Crippen LogP contribution in [0.4, 0.5) is 0 Å². The second-order valence-corrected chi connectivity index (χ2v) is 9.19. The number of aliphatic carboxylic acids is 2. The molecule has 13 nitrogen and oxygen atoms in total. The van der Waals surface area contributed by atoms with Crippen molar-refractivity contribution < 1.29 is 39.0 Å². The van der Waals surface area contributed by atoms with Crippen LogP contribution in [0.1, 0.15) is 31.2 Å². The third-order valence-corrected chi connectivity index (χ3v) is 5.83. The fraction of sp³-hybridized carbons (Fsp3) is 0.478. The SMILES string of the molecule is CSCCC(NC(=O)C(N)CCC(=O)O)C(=O)NC(CC(N)=O)C(=O)NC(Cc1ccccc1)C(=O)O. The van der Waals surface area contributed by atoms with E-state index in [1.165, 1.54) is 11.8 Å². The molecule has 0 aliphatic rings. The molecule has 0 heterocycles. The summed E-state index contributed by atoms with van der Waals surface area (Å²) in [4.78, 5) is 72.2. The van der Waals surface area contributed by atoms with Crippen molar-refractivity contribution in [3.8, 4) is 0 Å². The number of primary amides is 1. The number of hydrogen-bond acceptors (Lipinski definition) is 8. The molecule has 4 unspecified atom stereocenters. The maximum Gasteiger partial charge on any atom is 0.326 e. The van der Waals surface area contributed by atoms with E-state index in [1.807, 2.05) is 0 Å². The topological polar surface area (TPSA) is 231 Å². The van der Waals surface area contributed by atoms with Crippen molar-refractivity contribution in [1.82, 2.24) is 16.0 Å². The number of carboxylic acid groups (broad SMARTS) is 2. The number of thioether (sulfide) groups is 1. The summed E-state index contributed by atoms with van der Waals surface area (Å²) in [5, 5.41) is 25.4. The summed E-state index contributed by atoms with van der Waals surface area (Å²) in [5.41, 5.74) is 11.6. The Hall–Kier alpha value is -3.65. The Morgan fingerprint density at radius 2 is 1.43 bits per heavy atom. The zero-order valence-electron chi connectivity index (χ0n) is 20.3. The zero-order valence-corrected chi connectivity index (χ0v) is 21.2. The van der Waals surface area contributed by atoms with E-state index in [0.29, 0.717) is 11.3 Å². The van der Waals surface area contributed by atoms with Crippen LogP contribution in [-0.2, 0) is 35.2 Å². The molecule has 14 heteroatoms. The molecule has 0 spiro atoms. The summed E-state index contributed by atoms with van der Waals surface area (Å²) in [6.45, 7) is 0. The Balaban J connectivity index is 2.97. The summed E-state index contributed by atoms with van der Waals surface area (Å²) in [5.74, 6) is -5.45. The molecular formula is C23H33N5O8S. The normalized spacial score (nSPS) is 13.9. The number of carbonyl (C=O) groups is 6. The molecular weight excluding hydrogens is 506 g/mol. The molecule has 0 saturated heterocycles. The number of hydrogen-bond donors (Lipinski definition) is 7. The van der Waals surface area contributed by atoms with Gasteiger partial charge in [0.25, 0.3) is 0 Å². The van der Waals surface area contributed by atoms with Crippen molar-refractivity contribution in [3.05, 3.63) is 35.9 Å². The van der Waals surface area contributed by atoms with Gasteiger partial charge >= 0.3 is 11.9 Å². The van der Waals surface area contributed by atoms with Gasteiger partial charge in [-0.25, -0.2) is 4.79 Å². The molecule has 4 atom stereocenters. The highest BCUT2D eigenvalue weighted by atomic mass is 32.2. The van der Waals surface area contributed by atoms with E-state index in [-0.39, 0.29) is 25.7 Å². The smallest absolute Gasteiger partial charge is 0.326 e. The van der Waals surface area contributed by atoms with Crippen LogP contribution in [0, 0.1) is 0 Å². The van der Waals surface area contributed by atoms with Crippen LogP contribution in [-0.4, -0.2) is 82.0 Å². The van der Waals surface area contributed by atoms with Crippen molar-refractivity contribution in [2.24, 2.45) is 11.5 Å². The Labute approximate surface area is 218 Å². The predicted molar refractivity (Wildman–Crippen MR) is 135 cm³/mol. The first-order valence-electron chi connectivity index (χ1n) is 11.4. The molecule has 0 saturated carbocycles. The van der Waals surface area contributed by atoms with Crippen LogP contribution in [0.2, 0.25) is 0 Å². The van der Waals surface area contributed by atoms with Crippen LogP contribution in [0.3, 0.4) is 0 Å². The molecule has 9 N–H and O–H groups in total. The van der Waals surface area contributed by atoms with Crippen LogP contribution in [0.25, 0.3) is 0 Å². The average molecular weight is 540 g/mol. The molecule has 0 bridgehead atoms. The Bertz CT molecular complexity index is 962. The van der Waals surface area contributed by atoms with Gasteiger partial charge < -0.3 is 37.6 Å². The third kappa shape index (κ3) is 12.2. The molecule has 204 valence electrons. The lowest BCUT2D eigenvalue weighted by Crippen LogP contribution is -2.58.